The van der Waals surface area contributed by atoms with Gasteiger partial charge in [0.1, 0.15) is 0 Å². The minimum atomic E-state index is -5.17. The van der Waals surface area contributed by atoms with Gasteiger partial charge in [-0.15, -0.1) is 0 Å². The molecular formula is CHAlO6S. The monoisotopic (exact) mass is 168 g/mol. The molecule has 8 heteroatoms. The molecule has 0 aliphatic rings. The maximum atomic E-state index is 8.52. The van der Waals surface area contributed by atoms with Crippen LogP contribution in [-0.4, -0.2) is 41.4 Å². The maximum absolute atomic E-state index is 8.52. The van der Waals surface area contributed by atoms with Crippen LogP contribution in [-0.2, 0) is 15.2 Å². The van der Waals surface area contributed by atoms with Gasteiger partial charge in [-0.3, -0.25) is 8.42 Å². The number of carboxylic acid groups (broad SMARTS) is 1. The first-order valence-electron chi connectivity index (χ1n) is 1.14. The molecule has 0 aromatic rings. The van der Waals surface area contributed by atoms with Gasteiger partial charge in [0.25, 0.3) is 0 Å². The van der Waals surface area contributed by atoms with Gasteiger partial charge in [-0.2, -0.15) is 0 Å². The second-order valence-corrected chi connectivity index (χ2v) is 1.32. The fourth-order valence-corrected chi connectivity index (χ4v) is 0. The molecule has 0 bridgehead atoms. The van der Waals surface area contributed by atoms with Gasteiger partial charge in [0, 0.05) is 16.9 Å². The fraction of sp³-hybridized carbons (Fsp3) is 0. The van der Waals surface area contributed by atoms with Crippen molar-refractivity contribution in [3.05, 3.63) is 0 Å². The Labute approximate surface area is 62.2 Å². The summed E-state index contributed by atoms with van der Waals surface area (Å²) in [4.78, 5) is 8.25. The summed E-state index contributed by atoms with van der Waals surface area (Å²) in [6, 6.07) is 0. The summed E-state index contributed by atoms with van der Waals surface area (Å²) in [5.74, 6) is 0. The molecular weight excluding hydrogens is 167 g/mol. The van der Waals surface area contributed by atoms with E-state index in [-0.39, 0.29) is 17.4 Å². The maximum Gasteiger partial charge on any atom is 3.00 e. The molecule has 0 atom stereocenters. The molecule has 0 unspecified atom stereocenters. The molecule has 0 aromatic heterocycles. The largest absolute Gasteiger partial charge is 3.00 e. The van der Waals surface area contributed by atoms with Gasteiger partial charge in [-0.1, -0.05) is 0 Å². The molecule has 0 rings (SSSR count). The van der Waals surface area contributed by atoms with Gasteiger partial charge < -0.3 is 19.0 Å². The van der Waals surface area contributed by atoms with Crippen LogP contribution in [0.5, 0.6) is 0 Å². The summed E-state index contributed by atoms with van der Waals surface area (Å²) in [6.07, 6.45) is 0. The van der Waals surface area contributed by atoms with E-state index in [1.165, 1.54) is 0 Å². The Morgan fingerprint density at radius 2 is 1.22 bits per heavy atom. The Balaban J connectivity index is -0.0000000800. The van der Waals surface area contributed by atoms with Gasteiger partial charge in [0.2, 0.25) is 0 Å². The summed E-state index contributed by atoms with van der Waals surface area (Å²) < 4.78 is 34.1. The van der Waals surface area contributed by atoms with E-state index in [1.54, 1.807) is 0 Å². The first-order valence-corrected chi connectivity index (χ1v) is 2.47. The standard InChI is InChI=1S/CH2O2.Al.H2O4S/c2-1-3;;1-5(2,3)4/h1H,(H,2,3);;(H2,1,2,3,4)/q;+3;/p-3. The molecule has 0 spiro atoms. The molecule has 0 aliphatic heterocycles. The van der Waals surface area contributed by atoms with Crippen molar-refractivity contribution in [3.63, 3.8) is 0 Å². The third-order valence-electron chi connectivity index (χ3n) is 0. The van der Waals surface area contributed by atoms with Gasteiger partial charge in [-0.25, -0.2) is 0 Å². The normalized spacial score (nSPS) is 7.78. The van der Waals surface area contributed by atoms with E-state index in [2.05, 4.69) is 0 Å². The van der Waals surface area contributed by atoms with Crippen LogP contribution in [0.15, 0.2) is 0 Å². The summed E-state index contributed by atoms with van der Waals surface area (Å²) in [6.45, 7) is -0.500. The molecule has 0 saturated carbocycles. The predicted molar refractivity (Wildman–Crippen MR) is 22.3 cm³/mol. The van der Waals surface area contributed by atoms with Crippen molar-refractivity contribution in [3.8, 4) is 0 Å². The van der Waals surface area contributed by atoms with Crippen molar-refractivity contribution >= 4 is 34.2 Å². The van der Waals surface area contributed by atoms with Crippen LogP contribution in [0.3, 0.4) is 0 Å². The van der Waals surface area contributed by atoms with Crippen molar-refractivity contribution in [1.29, 1.82) is 0 Å². The Morgan fingerprint density at radius 1 is 1.22 bits per heavy atom. The van der Waals surface area contributed by atoms with Gasteiger partial charge in [-0.05, 0) is 0 Å². The average molecular weight is 168 g/mol. The number of rotatable bonds is 0. The zero-order chi connectivity index (χ0) is 7.21. The third kappa shape index (κ3) is 16700. The van der Waals surface area contributed by atoms with E-state index in [1.807, 2.05) is 0 Å². The zero-order valence-electron chi connectivity index (χ0n) is 4.01. The third-order valence-corrected chi connectivity index (χ3v) is 0. The Hall–Kier alpha value is -0.128. The topological polar surface area (TPSA) is 120 Å². The number of carbonyl (C=O) groups is 1. The van der Waals surface area contributed by atoms with Crippen molar-refractivity contribution in [2.45, 2.75) is 0 Å². The number of hydrogen-bond donors (Lipinski definition) is 0. The zero-order valence-corrected chi connectivity index (χ0v) is 5.98. The molecule has 0 heterocycles. The molecule has 0 N–H and O–H groups in total. The Morgan fingerprint density at radius 3 is 1.22 bits per heavy atom. The minimum absolute atomic E-state index is 0. The fourth-order valence-electron chi connectivity index (χ4n) is 0. The van der Waals surface area contributed by atoms with E-state index >= 15 is 0 Å². The van der Waals surface area contributed by atoms with Gasteiger partial charge in [0.05, 0.1) is 0 Å². The molecule has 0 aliphatic carbocycles. The van der Waals surface area contributed by atoms with Gasteiger partial charge in [0.15, 0.2) is 0 Å². The molecule has 9 heavy (non-hydrogen) atoms. The molecule has 0 radical (unpaired) electrons. The van der Waals surface area contributed by atoms with Crippen molar-refractivity contribution in [2.24, 2.45) is 0 Å². The first-order chi connectivity index (χ1) is 3.41. The summed E-state index contributed by atoms with van der Waals surface area (Å²) in [5.41, 5.74) is 0. The van der Waals surface area contributed by atoms with Crippen molar-refractivity contribution in [1.82, 2.24) is 0 Å². The van der Waals surface area contributed by atoms with Crippen LogP contribution >= 0.6 is 0 Å². The summed E-state index contributed by atoms with van der Waals surface area (Å²) in [5, 5.41) is 8.25. The van der Waals surface area contributed by atoms with E-state index in [9.17, 15) is 0 Å². The molecule has 0 aromatic carbocycles. The SMILES string of the molecule is O=C[O-].O=S(=O)([O-])[O-].[Al+3]. The molecule has 0 saturated heterocycles. The Bertz CT molecular complexity index is 127. The van der Waals surface area contributed by atoms with E-state index in [0.29, 0.717) is 0 Å². The van der Waals surface area contributed by atoms with Crippen LogP contribution in [0.25, 0.3) is 0 Å². The number of carbonyl (C=O) groups excluding carboxylic acids is 1. The molecule has 6 nitrogen and oxygen atoms in total. The second kappa shape index (κ2) is 7.87. The van der Waals surface area contributed by atoms with Crippen molar-refractivity contribution < 1.29 is 27.4 Å². The molecule has 0 fully saturated rings. The smallest absolute Gasteiger partial charge is 0.759 e. The van der Waals surface area contributed by atoms with E-state index in [0.717, 1.165) is 0 Å². The van der Waals surface area contributed by atoms with Crippen LogP contribution in [0.4, 0.5) is 0 Å². The minimum Gasteiger partial charge on any atom is -0.759 e. The van der Waals surface area contributed by atoms with E-state index < -0.39 is 16.9 Å². The predicted octanol–water partition coefficient (Wildman–Crippen LogP) is -3.35. The quantitative estimate of drug-likeness (QED) is 0.161. The van der Waals surface area contributed by atoms with Crippen LogP contribution in [0.1, 0.15) is 0 Å². The van der Waals surface area contributed by atoms with E-state index in [4.69, 9.17) is 27.4 Å². The van der Waals surface area contributed by atoms with Crippen LogP contribution in [0, 0.1) is 0 Å². The van der Waals surface area contributed by atoms with Gasteiger partial charge >= 0.3 is 17.4 Å². The molecule has 50 valence electrons. The second-order valence-electron chi connectivity index (χ2n) is 0.504. The first kappa shape index (κ1) is 15.9. The number of hydrogen-bond acceptors (Lipinski definition) is 6. The van der Waals surface area contributed by atoms with Crippen LogP contribution in [0.2, 0.25) is 0 Å². The average Bonchev–Trinajstić information content (AvgIpc) is 1.27. The van der Waals surface area contributed by atoms with Crippen molar-refractivity contribution in [2.75, 3.05) is 0 Å². The Kier molecular flexibility index (Phi) is 13.9. The summed E-state index contributed by atoms with van der Waals surface area (Å²) >= 11 is 0. The summed E-state index contributed by atoms with van der Waals surface area (Å²) in [7, 11) is -5.17. The molecule has 0 amide bonds. The van der Waals surface area contributed by atoms with Crippen LogP contribution < -0.4 is 5.11 Å².